The molecule has 0 aromatic rings. The van der Waals surface area contributed by atoms with Crippen molar-refractivity contribution in [2.45, 2.75) is 115 Å². The van der Waals surface area contributed by atoms with Crippen molar-refractivity contribution in [2.24, 2.45) is 11.8 Å². The van der Waals surface area contributed by atoms with Crippen LogP contribution in [0.5, 0.6) is 0 Å². The number of carbonyl (C=O) groups is 1. The highest BCUT2D eigenvalue weighted by atomic mass is 16.8. The zero-order chi connectivity index (χ0) is 23.0. The van der Waals surface area contributed by atoms with Crippen LogP contribution in [0.1, 0.15) is 73.6 Å². The van der Waals surface area contributed by atoms with Crippen LogP contribution in [0.3, 0.4) is 0 Å². The Hall–Kier alpha value is -0.990. The minimum atomic E-state index is -1.32. The van der Waals surface area contributed by atoms with E-state index in [9.17, 15) is 15.0 Å². The fourth-order valence-corrected chi connectivity index (χ4v) is 5.51. The second-order valence-electron chi connectivity index (χ2n) is 9.99. The Morgan fingerprint density at radius 3 is 2.58 bits per heavy atom. The Morgan fingerprint density at radius 1 is 1.19 bits per heavy atom. The molecule has 4 bridgehead atoms. The quantitative estimate of drug-likeness (QED) is 0.323. The molecule has 3 heterocycles. The molecule has 3 saturated heterocycles. The molecule has 0 radical (unpaired) electrons. The molecule has 0 aliphatic carbocycles. The van der Waals surface area contributed by atoms with Crippen LogP contribution in [0.15, 0.2) is 12.2 Å². The number of ether oxygens (including phenoxy) is 4. The van der Waals surface area contributed by atoms with Crippen molar-refractivity contribution in [3.8, 4) is 0 Å². The number of carbonyl (C=O) groups excluding carboxylic acids is 1. The normalized spacial score (nSPS) is 45.5. The average molecular weight is 441 g/mol. The summed E-state index contributed by atoms with van der Waals surface area (Å²) in [6, 6.07) is 0. The van der Waals surface area contributed by atoms with Gasteiger partial charge in [-0.25, -0.2) is 0 Å². The number of fused-ring (bicyclic) bond motifs is 6. The van der Waals surface area contributed by atoms with Crippen LogP contribution < -0.4 is 0 Å². The Morgan fingerprint density at radius 2 is 1.90 bits per heavy atom. The number of hydrogen-bond acceptors (Lipinski definition) is 7. The van der Waals surface area contributed by atoms with Crippen LogP contribution in [0, 0.1) is 11.8 Å². The van der Waals surface area contributed by atoms with Crippen LogP contribution in [0.4, 0.5) is 0 Å². The van der Waals surface area contributed by atoms with Crippen molar-refractivity contribution in [2.75, 3.05) is 6.61 Å². The van der Waals surface area contributed by atoms with Crippen molar-refractivity contribution in [3.05, 3.63) is 12.2 Å². The maximum absolute atomic E-state index is 12.6. The van der Waals surface area contributed by atoms with Gasteiger partial charge in [-0.15, -0.1) is 0 Å². The van der Waals surface area contributed by atoms with Gasteiger partial charge in [-0.05, 0) is 27.2 Å². The molecule has 0 saturated carbocycles. The number of unbranched alkanes of at least 4 members (excludes halogenated alkanes) is 3. The lowest BCUT2D eigenvalue weighted by atomic mass is 9.66. The molecular weight excluding hydrogens is 400 g/mol. The minimum Gasteiger partial charge on any atom is -0.430 e. The fourth-order valence-electron chi connectivity index (χ4n) is 5.51. The molecule has 31 heavy (non-hydrogen) atoms. The van der Waals surface area contributed by atoms with E-state index < -0.39 is 47.3 Å². The summed E-state index contributed by atoms with van der Waals surface area (Å²) >= 11 is 0. The highest BCUT2D eigenvalue weighted by Gasteiger charge is 2.74. The summed E-state index contributed by atoms with van der Waals surface area (Å²) in [5.74, 6) is -2.48. The molecule has 0 spiro atoms. The van der Waals surface area contributed by atoms with E-state index in [1.54, 1.807) is 32.9 Å². The molecular formula is C24H40O7. The van der Waals surface area contributed by atoms with Gasteiger partial charge in [-0.2, -0.15) is 0 Å². The van der Waals surface area contributed by atoms with Crippen molar-refractivity contribution < 1.29 is 34.0 Å². The molecule has 3 aliphatic rings. The summed E-state index contributed by atoms with van der Waals surface area (Å²) < 4.78 is 24.6. The van der Waals surface area contributed by atoms with E-state index in [1.807, 2.05) is 13.8 Å². The second kappa shape index (κ2) is 9.10. The number of hydrogen-bond donors (Lipinski definition) is 2. The number of rotatable bonds is 9. The van der Waals surface area contributed by atoms with Crippen LogP contribution >= 0.6 is 0 Å². The van der Waals surface area contributed by atoms with Gasteiger partial charge in [-0.1, -0.05) is 51.7 Å². The first kappa shape index (κ1) is 24.6. The topological polar surface area (TPSA) is 94.5 Å². The van der Waals surface area contributed by atoms with Crippen LogP contribution in [-0.4, -0.2) is 64.2 Å². The molecule has 9 atom stereocenters. The maximum Gasteiger partial charge on any atom is 0.314 e. The third kappa shape index (κ3) is 4.20. The molecule has 2 N–H and O–H groups in total. The number of esters is 1. The summed E-state index contributed by atoms with van der Waals surface area (Å²) in [6.07, 6.45) is 6.21. The van der Waals surface area contributed by atoms with E-state index in [1.165, 1.54) is 12.8 Å². The lowest BCUT2D eigenvalue weighted by molar-refractivity contribution is -0.472. The first-order valence-electron chi connectivity index (χ1n) is 11.8. The predicted molar refractivity (Wildman–Crippen MR) is 115 cm³/mol. The Balaban J connectivity index is 1.71. The standard InChI is InChI=1S/C24H40O7/c1-7-8-9-10-12-17(25)13-11-14-28-20-15(2)18(26)22(4)19-16(3)21(27)30-24(6,29-19)23(20,5)31-22/h11,13,15-20,25-26H,7-10,12,14H2,1-6H3/t15-,16+,17+,18-,19-,20+,22-,23+,24+/m0/s1. The van der Waals surface area contributed by atoms with Gasteiger partial charge in [0.25, 0.3) is 0 Å². The molecule has 0 aromatic carbocycles. The molecule has 0 amide bonds. The second-order valence-corrected chi connectivity index (χ2v) is 9.99. The molecule has 0 unspecified atom stereocenters. The first-order chi connectivity index (χ1) is 14.5. The van der Waals surface area contributed by atoms with Crippen LogP contribution in [0.25, 0.3) is 0 Å². The molecule has 3 fully saturated rings. The highest BCUT2D eigenvalue weighted by Crippen LogP contribution is 2.57. The monoisotopic (exact) mass is 440 g/mol. The summed E-state index contributed by atoms with van der Waals surface area (Å²) in [4.78, 5) is 12.6. The molecule has 178 valence electrons. The van der Waals surface area contributed by atoms with Gasteiger partial charge >= 0.3 is 5.97 Å². The Bertz CT molecular complexity index is 681. The van der Waals surface area contributed by atoms with E-state index in [-0.39, 0.29) is 18.5 Å². The van der Waals surface area contributed by atoms with Gasteiger partial charge in [0.2, 0.25) is 5.79 Å². The molecule has 3 aliphatic heterocycles. The SMILES string of the molecule is CCCCCC[C@@H](O)C=CCO[C@@H]1[C@@H](C)[C@H](O)[C@]2(C)O[C@@]1(C)[C@@]1(C)OC(=O)[C@H](C)[C@@H]2O1. The van der Waals surface area contributed by atoms with E-state index in [4.69, 9.17) is 18.9 Å². The lowest BCUT2D eigenvalue weighted by Crippen LogP contribution is -2.83. The van der Waals surface area contributed by atoms with E-state index >= 15 is 0 Å². The van der Waals surface area contributed by atoms with Gasteiger partial charge < -0.3 is 29.2 Å². The third-order valence-electron chi connectivity index (χ3n) is 7.56. The smallest absolute Gasteiger partial charge is 0.314 e. The number of aliphatic hydroxyl groups excluding tert-OH is 2. The first-order valence-corrected chi connectivity index (χ1v) is 11.8. The minimum absolute atomic E-state index is 0.243. The average Bonchev–Trinajstić information content (AvgIpc) is 2.71. The number of aliphatic hydroxyl groups is 2. The molecule has 0 aromatic heterocycles. The largest absolute Gasteiger partial charge is 0.430 e. The highest BCUT2D eigenvalue weighted by molar-refractivity contribution is 5.74. The van der Waals surface area contributed by atoms with Crippen LogP contribution in [-0.2, 0) is 23.7 Å². The Labute approximate surface area is 186 Å². The van der Waals surface area contributed by atoms with Crippen molar-refractivity contribution in [1.82, 2.24) is 0 Å². The summed E-state index contributed by atoms with van der Waals surface area (Å²) in [5, 5.41) is 21.3. The van der Waals surface area contributed by atoms with E-state index in [0.717, 1.165) is 19.3 Å². The summed E-state index contributed by atoms with van der Waals surface area (Å²) in [6.45, 7) is 11.4. The van der Waals surface area contributed by atoms with Gasteiger partial charge in [0.05, 0.1) is 30.8 Å². The molecule has 7 nitrogen and oxygen atoms in total. The van der Waals surface area contributed by atoms with E-state index in [0.29, 0.717) is 0 Å². The third-order valence-corrected chi connectivity index (χ3v) is 7.56. The Kier molecular flexibility index (Phi) is 7.24. The predicted octanol–water partition coefficient (Wildman–Crippen LogP) is 3.11. The lowest BCUT2D eigenvalue weighted by Gasteiger charge is -2.67. The van der Waals surface area contributed by atoms with Crippen LogP contribution in [0.2, 0.25) is 0 Å². The van der Waals surface area contributed by atoms with Gasteiger partial charge in [0.15, 0.2) is 5.60 Å². The van der Waals surface area contributed by atoms with Crippen molar-refractivity contribution in [3.63, 3.8) is 0 Å². The molecule has 7 heteroatoms. The maximum atomic E-state index is 12.6. The van der Waals surface area contributed by atoms with Gasteiger partial charge in [-0.3, -0.25) is 4.79 Å². The summed E-state index contributed by atoms with van der Waals surface area (Å²) in [5.41, 5.74) is -2.14. The van der Waals surface area contributed by atoms with Gasteiger partial charge in [0.1, 0.15) is 11.7 Å². The molecule has 3 rings (SSSR count). The van der Waals surface area contributed by atoms with Crippen molar-refractivity contribution >= 4 is 5.97 Å². The van der Waals surface area contributed by atoms with E-state index in [2.05, 4.69) is 6.92 Å². The fraction of sp³-hybridized carbons (Fsp3) is 0.875. The zero-order valence-corrected chi connectivity index (χ0v) is 19.8. The van der Waals surface area contributed by atoms with Gasteiger partial charge in [0, 0.05) is 12.8 Å². The zero-order valence-electron chi connectivity index (χ0n) is 19.8. The van der Waals surface area contributed by atoms with Crippen molar-refractivity contribution in [1.29, 1.82) is 0 Å². The summed E-state index contributed by atoms with van der Waals surface area (Å²) in [7, 11) is 0.